The van der Waals surface area contributed by atoms with Gasteiger partial charge in [0, 0.05) is 25.6 Å². The molecule has 1 saturated heterocycles. The lowest BCUT2D eigenvalue weighted by molar-refractivity contribution is -0.133. The number of amides is 1. The number of nitrogens with one attached hydrogen (secondary N) is 1. The molecule has 0 aromatic heterocycles. The minimum absolute atomic E-state index is 0.267. The molecule has 1 amide bonds. The molecule has 0 saturated carbocycles. The summed E-state index contributed by atoms with van der Waals surface area (Å²) < 4.78 is 5.72. The Morgan fingerprint density at radius 2 is 2.32 bits per heavy atom. The van der Waals surface area contributed by atoms with Crippen LogP contribution in [0.1, 0.15) is 38.2 Å². The lowest BCUT2D eigenvalue weighted by Crippen LogP contribution is -2.42. The van der Waals surface area contributed by atoms with Crippen molar-refractivity contribution in [3.05, 3.63) is 29.8 Å². The molecule has 122 valence electrons. The van der Waals surface area contributed by atoms with E-state index in [1.54, 1.807) is 0 Å². The van der Waals surface area contributed by atoms with Crippen LogP contribution in [0.4, 0.5) is 0 Å². The Labute approximate surface area is 133 Å². The Kier molecular flexibility index (Phi) is 6.72. The average molecular weight is 304 g/mol. The maximum Gasteiger partial charge on any atom is 0.222 e. The summed E-state index contributed by atoms with van der Waals surface area (Å²) in [4.78, 5) is 14.5. The Balaban J connectivity index is 1.73. The molecule has 4 heteroatoms. The Hall–Kier alpha value is -1.55. The number of aryl methyl sites for hydroxylation is 1. The first-order chi connectivity index (χ1) is 10.7. The second-order valence-electron chi connectivity index (χ2n) is 6.00. The standard InChI is InChI=1S/C18H28N2O2/c1-3-11-20(16-9-10-19-14-16)18(21)8-5-12-22-17-7-4-6-15(2)13-17/h4,6-7,13,16,19H,3,5,8-12,14H2,1-2H3. The summed E-state index contributed by atoms with van der Waals surface area (Å²) in [5.74, 6) is 1.15. The molecule has 0 radical (unpaired) electrons. The van der Waals surface area contributed by atoms with E-state index in [1.807, 2.05) is 18.2 Å². The molecule has 2 rings (SSSR count). The van der Waals surface area contributed by atoms with Crippen molar-refractivity contribution in [1.82, 2.24) is 10.2 Å². The van der Waals surface area contributed by atoms with E-state index in [9.17, 15) is 4.79 Å². The third-order valence-corrected chi connectivity index (χ3v) is 4.05. The maximum atomic E-state index is 12.4. The van der Waals surface area contributed by atoms with E-state index in [0.29, 0.717) is 19.1 Å². The van der Waals surface area contributed by atoms with Crippen molar-refractivity contribution in [2.75, 3.05) is 26.2 Å². The summed E-state index contributed by atoms with van der Waals surface area (Å²) >= 11 is 0. The molecule has 22 heavy (non-hydrogen) atoms. The van der Waals surface area contributed by atoms with Crippen LogP contribution in [0.15, 0.2) is 24.3 Å². The molecule has 1 aliphatic rings. The number of carbonyl (C=O) groups excluding carboxylic acids is 1. The predicted octanol–water partition coefficient (Wildman–Crippen LogP) is 2.75. The van der Waals surface area contributed by atoms with Crippen LogP contribution in [0.25, 0.3) is 0 Å². The number of rotatable bonds is 8. The van der Waals surface area contributed by atoms with Crippen LogP contribution >= 0.6 is 0 Å². The van der Waals surface area contributed by atoms with Crippen molar-refractivity contribution < 1.29 is 9.53 Å². The summed E-state index contributed by atoms with van der Waals surface area (Å²) in [5, 5.41) is 3.34. The van der Waals surface area contributed by atoms with Gasteiger partial charge in [-0.3, -0.25) is 4.79 Å². The number of ether oxygens (including phenoxy) is 1. The normalized spacial score (nSPS) is 17.5. The second-order valence-corrected chi connectivity index (χ2v) is 6.00. The predicted molar refractivity (Wildman–Crippen MR) is 89.2 cm³/mol. The summed E-state index contributed by atoms with van der Waals surface area (Å²) in [6.45, 7) is 7.60. The topological polar surface area (TPSA) is 41.6 Å². The highest BCUT2D eigenvalue weighted by atomic mass is 16.5. The smallest absolute Gasteiger partial charge is 0.222 e. The summed E-state index contributed by atoms with van der Waals surface area (Å²) in [6.07, 6.45) is 3.43. The summed E-state index contributed by atoms with van der Waals surface area (Å²) in [7, 11) is 0. The third-order valence-electron chi connectivity index (χ3n) is 4.05. The van der Waals surface area contributed by atoms with Crippen LogP contribution in [0.2, 0.25) is 0 Å². The third kappa shape index (κ3) is 5.02. The lowest BCUT2D eigenvalue weighted by atomic mass is 10.1. The van der Waals surface area contributed by atoms with E-state index in [4.69, 9.17) is 4.74 Å². The Bertz CT molecular complexity index is 470. The highest BCUT2D eigenvalue weighted by molar-refractivity contribution is 5.76. The molecular weight excluding hydrogens is 276 g/mol. The van der Waals surface area contributed by atoms with E-state index in [2.05, 4.69) is 30.1 Å². The molecule has 1 fully saturated rings. The van der Waals surface area contributed by atoms with Gasteiger partial charge in [-0.05, 0) is 50.4 Å². The molecule has 1 N–H and O–H groups in total. The van der Waals surface area contributed by atoms with Gasteiger partial charge in [-0.2, -0.15) is 0 Å². The highest BCUT2D eigenvalue weighted by Gasteiger charge is 2.25. The van der Waals surface area contributed by atoms with Crippen molar-refractivity contribution in [3.63, 3.8) is 0 Å². The van der Waals surface area contributed by atoms with E-state index < -0.39 is 0 Å². The van der Waals surface area contributed by atoms with E-state index in [0.717, 1.165) is 44.6 Å². The number of benzene rings is 1. The zero-order chi connectivity index (χ0) is 15.8. The van der Waals surface area contributed by atoms with Crippen molar-refractivity contribution in [1.29, 1.82) is 0 Å². The van der Waals surface area contributed by atoms with Crippen LogP contribution in [0, 0.1) is 6.92 Å². The molecule has 1 aliphatic heterocycles. The molecule has 4 nitrogen and oxygen atoms in total. The molecule has 0 aliphatic carbocycles. The monoisotopic (exact) mass is 304 g/mol. The first-order valence-electron chi connectivity index (χ1n) is 8.40. The van der Waals surface area contributed by atoms with Crippen LogP contribution in [0.5, 0.6) is 5.75 Å². The summed E-state index contributed by atoms with van der Waals surface area (Å²) in [5.41, 5.74) is 1.19. The van der Waals surface area contributed by atoms with E-state index in [1.165, 1.54) is 5.56 Å². The van der Waals surface area contributed by atoms with E-state index >= 15 is 0 Å². The molecule has 1 atom stereocenters. The van der Waals surface area contributed by atoms with Crippen molar-refractivity contribution in [3.8, 4) is 5.75 Å². The van der Waals surface area contributed by atoms with Crippen LogP contribution in [-0.4, -0.2) is 43.1 Å². The van der Waals surface area contributed by atoms with Gasteiger partial charge in [0.25, 0.3) is 0 Å². The van der Waals surface area contributed by atoms with Gasteiger partial charge in [-0.1, -0.05) is 19.1 Å². The fourth-order valence-electron chi connectivity index (χ4n) is 2.92. The quantitative estimate of drug-likeness (QED) is 0.751. The molecule has 0 bridgehead atoms. The SMILES string of the molecule is CCCN(C(=O)CCCOc1cccc(C)c1)C1CCNC1. The van der Waals surface area contributed by atoms with Gasteiger partial charge in [0.1, 0.15) is 5.75 Å². The molecule has 1 aromatic carbocycles. The van der Waals surface area contributed by atoms with Crippen LogP contribution in [0.3, 0.4) is 0 Å². The Morgan fingerprint density at radius 1 is 1.45 bits per heavy atom. The first-order valence-corrected chi connectivity index (χ1v) is 8.40. The van der Waals surface area contributed by atoms with Gasteiger partial charge < -0.3 is 15.0 Å². The number of hydrogen-bond donors (Lipinski definition) is 1. The number of nitrogens with zero attached hydrogens (tertiary/aromatic N) is 1. The summed E-state index contributed by atoms with van der Waals surface area (Å²) in [6, 6.07) is 8.41. The minimum atomic E-state index is 0.267. The maximum absolute atomic E-state index is 12.4. The number of carbonyl (C=O) groups is 1. The lowest BCUT2D eigenvalue weighted by Gasteiger charge is -2.28. The molecule has 1 aromatic rings. The van der Waals surface area contributed by atoms with Gasteiger partial charge >= 0.3 is 0 Å². The van der Waals surface area contributed by atoms with Gasteiger partial charge in [0.2, 0.25) is 5.91 Å². The van der Waals surface area contributed by atoms with Gasteiger partial charge in [-0.25, -0.2) is 0 Å². The first kappa shape index (κ1) is 16.8. The molecule has 0 spiro atoms. The van der Waals surface area contributed by atoms with Crippen LogP contribution < -0.4 is 10.1 Å². The largest absolute Gasteiger partial charge is 0.494 e. The van der Waals surface area contributed by atoms with Gasteiger partial charge in [0.05, 0.1) is 6.61 Å². The fourth-order valence-corrected chi connectivity index (χ4v) is 2.92. The zero-order valence-corrected chi connectivity index (χ0v) is 13.8. The molecule has 1 heterocycles. The minimum Gasteiger partial charge on any atom is -0.494 e. The van der Waals surface area contributed by atoms with Crippen LogP contribution in [-0.2, 0) is 4.79 Å². The molecular formula is C18H28N2O2. The van der Waals surface area contributed by atoms with Crippen molar-refractivity contribution in [2.24, 2.45) is 0 Å². The fraction of sp³-hybridized carbons (Fsp3) is 0.611. The molecule has 1 unspecified atom stereocenters. The zero-order valence-electron chi connectivity index (χ0n) is 13.8. The number of hydrogen-bond acceptors (Lipinski definition) is 3. The van der Waals surface area contributed by atoms with Gasteiger partial charge in [-0.15, -0.1) is 0 Å². The Morgan fingerprint density at radius 3 is 3.00 bits per heavy atom. The van der Waals surface area contributed by atoms with Crippen molar-refractivity contribution in [2.45, 2.75) is 45.6 Å². The van der Waals surface area contributed by atoms with E-state index in [-0.39, 0.29) is 5.91 Å². The average Bonchev–Trinajstić information content (AvgIpc) is 3.03. The second kappa shape index (κ2) is 8.79. The highest BCUT2D eigenvalue weighted by Crippen LogP contribution is 2.14. The van der Waals surface area contributed by atoms with Gasteiger partial charge in [0.15, 0.2) is 0 Å². The van der Waals surface area contributed by atoms with Crippen molar-refractivity contribution >= 4 is 5.91 Å².